The third-order valence-electron chi connectivity index (χ3n) is 0.715. The van der Waals surface area contributed by atoms with Gasteiger partial charge in [0.25, 0.3) is 0 Å². The Bertz CT molecular complexity index is 148. The van der Waals surface area contributed by atoms with Gasteiger partial charge in [-0.3, -0.25) is 0 Å². The van der Waals surface area contributed by atoms with E-state index in [1.165, 1.54) is 13.8 Å². The minimum absolute atomic E-state index is 0. The van der Waals surface area contributed by atoms with E-state index < -0.39 is 24.1 Å². The van der Waals surface area contributed by atoms with Crippen LogP contribution in [0.2, 0.25) is 0 Å². The normalized spacial score (nSPS) is 9.65. The molecule has 0 rings (SSSR count). The second-order valence-electron chi connectivity index (χ2n) is 2.03. The molecule has 0 saturated heterocycles. The molecular weight excluding hydrogens is 276 g/mol. The van der Waals surface area contributed by atoms with Crippen LogP contribution in [0.25, 0.3) is 0 Å². The van der Waals surface area contributed by atoms with Gasteiger partial charge >= 0.3 is 11.9 Å². The molecule has 0 radical (unpaired) electrons. The summed E-state index contributed by atoms with van der Waals surface area (Å²) in [5, 5.41) is 31.5. The van der Waals surface area contributed by atoms with Crippen molar-refractivity contribution >= 4 is 11.9 Å². The first kappa shape index (κ1) is 44.0. The van der Waals surface area contributed by atoms with Crippen LogP contribution in [-0.2, 0) is 31.3 Å². The van der Waals surface area contributed by atoms with E-state index in [4.69, 9.17) is 20.4 Å². The molecule has 0 aliphatic rings. The Morgan fingerprint density at radius 2 is 0.882 bits per heavy atom. The first-order chi connectivity index (χ1) is 5.29. The van der Waals surface area contributed by atoms with Gasteiger partial charge in [0.15, 0.2) is 0 Å². The Labute approximate surface area is 113 Å². The average Bonchev–Trinajstić information content (AvgIpc) is 1.88. The first-order valence-electron chi connectivity index (χ1n) is 3.10. The molecule has 0 aromatic rings. The summed E-state index contributed by atoms with van der Waals surface area (Å²) in [4.78, 5) is 18.9. The number of carboxylic acids is 2. The fraction of sp³-hybridized carbons (Fsp3) is 0.667. The molecule has 0 spiro atoms. The minimum Gasteiger partial charge on any atom is -0.870 e. The number of rotatable bonds is 2. The van der Waals surface area contributed by atoms with E-state index in [2.05, 4.69) is 0 Å². The van der Waals surface area contributed by atoms with Gasteiger partial charge < -0.3 is 43.7 Å². The summed E-state index contributed by atoms with van der Waals surface area (Å²) >= 11 is 0. The maximum absolute atomic E-state index is 9.45. The smallest absolute Gasteiger partial charge is 0.332 e. The standard InChI is InChI=1S/2C3H6O3.2H3N.2H2O.Ti/c2*1-2(4)3(5)6;;;;;/h2*2,4H,1H3,(H,5,6);2*1H3;2*1H2;. The molecule has 0 heterocycles. The molecular formula is C6H22N2O8Ti. The van der Waals surface area contributed by atoms with E-state index in [9.17, 15) is 9.59 Å². The van der Waals surface area contributed by atoms with Crippen LogP contribution in [0.1, 0.15) is 13.8 Å². The summed E-state index contributed by atoms with van der Waals surface area (Å²) in [5.41, 5.74) is 0. The molecule has 14 N–H and O–H groups in total. The van der Waals surface area contributed by atoms with Crippen LogP contribution in [0.4, 0.5) is 0 Å². The number of carbonyl (C=O) groups is 2. The van der Waals surface area contributed by atoms with Crippen LogP contribution in [0.5, 0.6) is 0 Å². The van der Waals surface area contributed by atoms with Gasteiger partial charge in [0, 0.05) is 21.7 Å². The van der Waals surface area contributed by atoms with Crippen molar-refractivity contribution in [2.75, 3.05) is 0 Å². The molecule has 0 bridgehead atoms. The molecule has 108 valence electrons. The van der Waals surface area contributed by atoms with E-state index in [1.54, 1.807) is 0 Å². The summed E-state index contributed by atoms with van der Waals surface area (Å²) in [6.45, 7) is 2.39. The van der Waals surface area contributed by atoms with Gasteiger partial charge in [-0.15, -0.1) is 0 Å². The van der Waals surface area contributed by atoms with E-state index in [0.29, 0.717) is 0 Å². The molecule has 0 aliphatic carbocycles. The van der Waals surface area contributed by atoms with Crippen LogP contribution in [0, 0.1) is 0 Å². The number of aliphatic hydroxyl groups excluding tert-OH is 2. The second-order valence-corrected chi connectivity index (χ2v) is 2.03. The van der Waals surface area contributed by atoms with Gasteiger partial charge in [-0.05, 0) is 13.8 Å². The van der Waals surface area contributed by atoms with Gasteiger partial charge in [0.2, 0.25) is 0 Å². The number of aliphatic hydroxyl groups is 2. The van der Waals surface area contributed by atoms with Crippen LogP contribution in [-0.4, -0.2) is 55.5 Å². The maximum atomic E-state index is 9.45. The monoisotopic (exact) mass is 298 g/mol. The third-order valence-corrected chi connectivity index (χ3v) is 0.715. The van der Waals surface area contributed by atoms with Crippen LogP contribution in [0.3, 0.4) is 0 Å². The van der Waals surface area contributed by atoms with E-state index >= 15 is 0 Å². The largest absolute Gasteiger partial charge is 0.870 e. The zero-order valence-electron chi connectivity index (χ0n) is 10.2. The van der Waals surface area contributed by atoms with Crippen molar-refractivity contribution in [2.24, 2.45) is 0 Å². The molecule has 0 aromatic heterocycles. The average molecular weight is 298 g/mol. The Morgan fingerprint density at radius 1 is 0.824 bits per heavy atom. The van der Waals surface area contributed by atoms with Gasteiger partial charge in [-0.1, -0.05) is 0 Å². The van der Waals surface area contributed by atoms with Gasteiger partial charge in [-0.25, -0.2) is 9.59 Å². The van der Waals surface area contributed by atoms with E-state index in [1.807, 2.05) is 0 Å². The van der Waals surface area contributed by atoms with E-state index in [0.717, 1.165) is 0 Å². The molecule has 11 heteroatoms. The van der Waals surface area contributed by atoms with Crippen molar-refractivity contribution in [1.82, 2.24) is 12.3 Å². The number of hydrogen-bond acceptors (Lipinski definition) is 6. The molecule has 10 nitrogen and oxygen atoms in total. The van der Waals surface area contributed by atoms with Crippen molar-refractivity contribution in [3.8, 4) is 0 Å². The molecule has 0 amide bonds. The van der Waals surface area contributed by atoms with Crippen LogP contribution in [0.15, 0.2) is 0 Å². The van der Waals surface area contributed by atoms with Crippen molar-refractivity contribution < 1.29 is 62.7 Å². The fourth-order valence-corrected chi connectivity index (χ4v) is 0. The fourth-order valence-electron chi connectivity index (χ4n) is 0. The Morgan fingerprint density at radius 3 is 0.882 bits per heavy atom. The molecule has 0 saturated carbocycles. The van der Waals surface area contributed by atoms with Crippen molar-refractivity contribution in [1.29, 1.82) is 0 Å². The molecule has 0 aliphatic heterocycles. The topological polar surface area (TPSA) is 248 Å². The Kier molecular flexibility index (Phi) is 63.6. The van der Waals surface area contributed by atoms with Crippen molar-refractivity contribution in [3.05, 3.63) is 0 Å². The number of aliphatic carboxylic acids is 2. The van der Waals surface area contributed by atoms with Crippen LogP contribution >= 0.6 is 0 Å². The number of hydrogen-bond donors (Lipinski definition) is 6. The minimum atomic E-state index is -1.23. The second kappa shape index (κ2) is 24.6. The summed E-state index contributed by atoms with van der Waals surface area (Å²) in [6.07, 6.45) is -2.46. The van der Waals surface area contributed by atoms with Gasteiger partial charge in [0.1, 0.15) is 12.2 Å². The van der Waals surface area contributed by atoms with E-state index in [-0.39, 0.29) is 45.0 Å². The summed E-state index contributed by atoms with van der Waals surface area (Å²) in [6, 6.07) is 0. The first-order valence-corrected chi connectivity index (χ1v) is 3.10. The van der Waals surface area contributed by atoms with Crippen LogP contribution < -0.4 is 12.3 Å². The predicted octanol–water partition coefficient (Wildman–Crippen LogP) is -0.700. The maximum Gasteiger partial charge on any atom is 0.332 e. The molecule has 0 fully saturated rings. The predicted molar refractivity (Wildman–Crippen MR) is 54.5 cm³/mol. The van der Waals surface area contributed by atoms with Crippen molar-refractivity contribution in [3.63, 3.8) is 0 Å². The third kappa shape index (κ3) is 50.5. The quantitative estimate of drug-likeness (QED) is 0.354. The summed E-state index contributed by atoms with van der Waals surface area (Å²) in [7, 11) is 0. The molecule has 2 unspecified atom stereocenters. The Balaban J connectivity index is -0.0000000182. The van der Waals surface area contributed by atoms with Gasteiger partial charge in [-0.2, -0.15) is 0 Å². The Hall–Kier alpha value is -0.586. The molecule has 0 aromatic carbocycles. The molecule has 17 heavy (non-hydrogen) atoms. The van der Waals surface area contributed by atoms with Gasteiger partial charge in [0.05, 0.1) is 0 Å². The van der Waals surface area contributed by atoms with Crippen molar-refractivity contribution in [2.45, 2.75) is 26.1 Å². The zero-order valence-corrected chi connectivity index (χ0v) is 11.7. The summed E-state index contributed by atoms with van der Waals surface area (Å²) < 4.78 is 0. The zero-order chi connectivity index (χ0) is 10.3. The number of carboxylic acid groups (broad SMARTS) is 2. The summed E-state index contributed by atoms with van der Waals surface area (Å²) in [5.74, 6) is -2.37. The molecule has 2 atom stereocenters. The number of quaternary nitrogens is 2. The SMILES string of the molecule is CC(O)C(=O)O.CC(O)C(=O)O.[NH4+].[NH4+].[OH-].[OH-].[Ti].